The van der Waals surface area contributed by atoms with Crippen molar-refractivity contribution < 1.29 is 14.3 Å². The van der Waals surface area contributed by atoms with E-state index in [1.54, 1.807) is 31.7 Å². The van der Waals surface area contributed by atoms with E-state index in [4.69, 9.17) is 4.74 Å². The summed E-state index contributed by atoms with van der Waals surface area (Å²) in [5, 5.41) is 9.05. The van der Waals surface area contributed by atoms with Crippen molar-refractivity contribution in [3.05, 3.63) is 47.6 Å². The van der Waals surface area contributed by atoms with Crippen molar-refractivity contribution in [2.45, 2.75) is 26.7 Å². The number of aromatic amines is 1. The molecule has 0 radical (unpaired) electrons. The van der Waals surface area contributed by atoms with Crippen molar-refractivity contribution in [2.75, 3.05) is 19.5 Å². The Bertz CT molecular complexity index is 1330. The lowest BCUT2D eigenvalue weighted by Gasteiger charge is -2.09. The van der Waals surface area contributed by atoms with Crippen LogP contribution >= 0.6 is 11.3 Å². The Morgan fingerprint density at radius 2 is 1.97 bits per heavy atom. The molecule has 1 fully saturated rings. The van der Waals surface area contributed by atoms with Crippen LogP contribution < -0.4 is 15.4 Å². The molecule has 4 aromatic rings. The maximum atomic E-state index is 12.4. The minimum atomic E-state index is -0.251. The van der Waals surface area contributed by atoms with Crippen LogP contribution in [0.1, 0.15) is 37.0 Å². The Labute approximate surface area is 201 Å². The number of fused-ring (bicyclic) bond motifs is 1. The molecule has 3 aromatic heterocycles. The van der Waals surface area contributed by atoms with Gasteiger partial charge in [-0.3, -0.25) is 9.59 Å². The van der Waals surface area contributed by atoms with E-state index < -0.39 is 0 Å². The molecule has 0 unspecified atom stereocenters. The summed E-state index contributed by atoms with van der Waals surface area (Å²) in [5.74, 6) is 0.821. The van der Waals surface area contributed by atoms with Crippen LogP contribution in [0.4, 0.5) is 5.82 Å². The molecule has 9 heteroatoms. The summed E-state index contributed by atoms with van der Waals surface area (Å²) < 4.78 is 5.66. The number of hydrogen-bond acceptors (Lipinski definition) is 6. The van der Waals surface area contributed by atoms with Gasteiger partial charge in [-0.2, -0.15) is 0 Å². The second-order valence-electron chi connectivity index (χ2n) is 7.59. The Morgan fingerprint density at radius 3 is 2.62 bits per heavy atom. The standard InChI is InChI=1S/C23H21N5O3S.C2H6/c1-24-22(30)16-11-26-20(28-21(29)12-3-4-12)19-15(16)10-17(27-19)14-6-5-13(9-18(14)31-2)23-25-7-8-32-23;1-2/h5-12,27H,3-4H2,1-2H3,(H,24,30)(H,26,28,29);1-2H3. The molecule has 0 atom stereocenters. The predicted octanol–water partition coefficient (Wildman–Crippen LogP) is 5.10. The first-order valence-electron chi connectivity index (χ1n) is 11.2. The molecular formula is C25H27N5O3S. The van der Waals surface area contributed by atoms with Gasteiger partial charge < -0.3 is 20.4 Å². The summed E-state index contributed by atoms with van der Waals surface area (Å²) in [7, 11) is 3.19. The summed E-state index contributed by atoms with van der Waals surface area (Å²) in [6, 6.07) is 7.76. The van der Waals surface area contributed by atoms with Gasteiger partial charge in [-0.25, -0.2) is 9.97 Å². The van der Waals surface area contributed by atoms with Crippen molar-refractivity contribution in [3.8, 4) is 27.6 Å². The molecule has 1 aliphatic carbocycles. The normalized spacial score (nSPS) is 12.6. The number of ether oxygens (including phenoxy) is 1. The van der Waals surface area contributed by atoms with Crippen molar-refractivity contribution in [1.82, 2.24) is 20.3 Å². The van der Waals surface area contributed by atoms with Gasteiger partial charge >= 0.3 is 0 Å². The first kappa shape index (κ1) is 23.4. The van der Waals surface area contributed by atoms with E-state index in [1.807, 2.05) is 43.5 Å². The zero-order valence-corrected chi connectivity index (χ0v) is 20.4. The lowest BCUT2D eigenvalue weighted by atomic mass is 10.1. The summed E-state index contributed by atoms with van der Waals surface area (Å²) in [4.78, 5) is 36.9. The summed E-state index contributed by atoms with van der Waals surface area (Å²) in [6.45, 7) is 4.00. The highest BCUT2D eigenvalue weighted by Crippen LogP contribution is 2.38. The van der Waals surface area contributed by atoms with E-state index in [0.717, 1.165) is 34.7 Å². The SMILES string of the molecule is CC.CNC(=O)c1cnc(NC(=O)C2CC2)c2[nH]c(-c3ccc(-c4nccs4)cc3OC)cc12. The fraction of sp³-hybridized carbons (Fsp3) is 0.280. The van der Waals surface area contributed by atoms with Gasteiger partial charge in [0.05, 0.1) is 23.9 Å². The van der Waals surface area contributed by atoms with Crippen LogP contribution in [0.5, 0.6) is 5.75 Å². The number of carbonyl (C=O) groups excluding carboxylic acids is 2. The Balaban J connectivity index is 0.00000133. The van der Waals surface area contributed by atoms with Crippen LogP contribution in [0.2, 0.25) is 0 Å². The number of methoxy groups -OCH3 is 1. The second kappa shape index (κ2) is 10.0. The Morgan fingerprint density at radius 1 is 1.18 bits per heavy atom. The van der Waals surface area contributed by atoms with Crippen LogP contribution in [-0.2, 0) is 4.79 Å². The molecule has 0 bridgehead atoms. The quantitative estimate of drug-likeness (QED) is 0.358. The van der Waals surface area contributed by atoms with Gasteiger partial charge in [0.1, 0.15) is 10.8 Å². The van der Waals surface area contributed by atoms with E-state index in [9.17, 15) is 9.59 Å². The molecule has 1 aromatic carbocycles. The fourth-order valence-electron chi connectivity index (χ4n) is 3.65. The minimum Gasteiger partial charge on any atom is -0.496 e. The Hall–Kier alpha value is -3.72. The highest BCUT2D eigenvalue weighted by molar-refractivity contribution is 7.13. The average Bonchev–Trinajstić information content (AvgIpc) is 3.40. The number of H-pyrrole nitrogens is 1. The molecule has 1 saturated carbocycles. The molecule has 3 heterocycles. The lowest BCUT2D eigenvalue weighted by molar-refractivity contribution is -0.117. The third-order valence-electron chi connectivity index (χ3n) is 5.50. The number of nitrogens with zero attached hydrogens (tertiary/aromatic N) is 2. The van der Waals surface area contributed by atoms with Crippen LogP contribution in [-0.4, -0.2) is 40.9 Å². The van der Waals surface area contributed by atoms with Gasteiger partial charge in [0, 0.05) is 47.3 Å². The van der Waals surface area contributed by atoms with E-state index in [2.05, 4.69) is 25.6 Å². The number of benzene rings is 1. The zero-order chi connectivity index (χ0) is 24.2. The van der Waals surface area contributed by atoms with Crippen molar-refractivity contribution >= 4 is 39.9 Å². The van der Waals surface area contributed by atoms with Crippen molar-refractivity contribution in [2.24, 2.45) is 5.92 Å². The number of amides is 2. The molecule has 0 spiro atoms. The highest BCUT2D eigenvalue weighted by Gasteiger charge is 2.30. The Kier molecular flexibility index (Phi) is 6.93. The average molecular weight is 478 g/mol. The van der Waals surface area contributed by atoms with Gasteiger partial charge in [-0.1, -0.05) is 19.9 Å². The van der Waals surface area contributed by atoms with Crippen LogP contribution in [0.25, 0.3) is 32.7 Å². The van der Waals surface area contributed by atoms with E-state index in [1.165, 1.54) is 6.20 Å². The van der Waals surface area contributed by atoms with Gasteiger partial charge in [-0.05, 0) is 31.0 Å². The molecule has 5 rings (SSSR count). The lowest BCUT2D eigenvalue weighted by Crippen LogP contribution is -2.19. The summed E-state index contributed by atoms with van der Waals surface area (Å²) in [5.41, 5.74) is 3.56. The molecule has 0 aliphatic heterocycles. The minimum absolute atomic E-state index is 0.0402. The molecule has 176 valence electrons. The molecule has 2 amide bonds. The number of nitrogens with one attached hydrogen (secondary N) is 3. The van der Waals surface area contributed by atoms with Crippen LogP contribution in [0.3, 0.4) is 0 Å². The maximum Gasteiger partial charge on any atom is 0.253 e. The third-order valence-corrected chi connectivity index (χ3v) is 6.32. The number of anilines is 1. The maximum absolute atomic E-state index is 12.4. The number of carbonyl (C=O) groups is 2. The second-order valence-corrected chi connectivity index (χ2v) is 8.48. The van der Waals surface area contributed by atoms with Gasteiger partial charge in [0.15, 0.2) is 5.82 Å². The third kappa shape index (κ3) is 4.51. The summed E-state index contributed by atoms with van der Waals surface area (Å²) >= 11 is 1.56. The molecule has 3 N–H and O–H groups in total. The smallest absolute Gasteiger partial charge is 0.253 e. The van der Waals surface area contributed by atoms with Crippen LogP contribution in [0.15, 0.2) is 42.0 Å². The fourth-order valence-corrected chi connectivity index (χ4v) is 4.28. The first-order valence-corrected chi connectivity index (χ1v) is 12.1. The molecule has 1 aliphatic rings. The van der Waals surface area contributed by atoms with Crippen LogP contribution in [0, 0.1) is 5.92 Å². The molecule has 0 saturated heterocycles. The largest absolute Gasteiger partial charge is 0.496 e. The summed E-state index contributed by atoms with van der Waals surface area (Å²) in [6.07, 6.45) is 5.04. The number of pyridine rings is 1. The van der Waals surface area contributed by atoms with E-state index in [-0.39, 0.29) is 17.7 Å². The molecule has 8 nitrogen and oxygen atoms in total. The van der Waals surface area contributed by atoms with Crippen molar-refractivity contribution in [1.29, 1.82) is 0 Å². The number of aromatic nitrogens is 3. The number of rotatable bonds is 6. The monoisotopic (exact) mass is 477 g/mol. The first-order chi connectivity index (χ1) is 16.6. The predicted molar refractivity (Wildman–Crippen MR) is 135 cm³/mol. The number of hydrogen-bond donors (Lipinski definition) is 3. The zero-order valence-electron chi connectivity index (χ0n) is 19.6. The topological polar surface area (TPSA) is 109 Å². The van der Waals surface area contributed by atoms with E-state index in [0.29, 0.717) is 28.0 Å². The molecular weight excluding hydrogens is 450 g/mol. The van der Waals surface area contributed by atoms with Gasteiger partial charge in [-0.15, -0.1) is 11.3 Å². The van der Waals surface area contributed by atoms with Crippen molar-refractivity contribution in [3.63, 3.8) is 0 Å². The highest BCUT2D eigenvalue weighted by atomic mass is 32.1. The van der Waals surface area contributed by atoms with E-state index >= 15 is 0 Å². The van der Waals surface area contributed by atoms with Gasteiger partial charge in [0.2, 0.25) is 5.91 Å². The number of thiazole rings is 1. The molecule has 34 heavy (non-hydrogen) atoms. The van der Waals surface area contributed by atoms with Gasteiger partial charge in [0.25, 0.3) is 5.91 Å².